The van der Waals surface area contributed by atoms with Crippen LogP contribution in [0.2, 0.25) is 0 Å². The first kappa shape index (κ1) is 20.5. The minimum absolute atomic E-state index is 0.0397. The number of carboxylic acid groups (broad SMARTS) is 2. The molecule has 0 aromatic carbocycles. The zero-order chi connectivity index (χ0) is 21.1. The summed E-state index contributed by atoms with van der Waals surface area (Å²) in [4.78, 5) is 52.9. The van der Waals surface area contributed by atoms with E-state index in [1.807, 2.05) is 0 Å². The molecule has 29 heavy (non-hydrogen) atoms. The number of amides is 2. The predicted molar refractivity (Wildman–Crippen MR) is 99.9 cm³/mol. The van der Waals surface area contributed by atoms with Crippen LogP contribution in [0.25, 0.3) is 0 Å². The first-order valence-corrected chi connectivity index (χ1v) is 9.67. The molecule has 1 saturated heterocycles. The molecule has 1 aromatic heterocycles. The molecule has 2 amide bonds. The zero-order valence-electron chi connectivity index (χ0n) is 14.5. The quantitative estimate of drug-likeness (QED) is 0.266. The Labute approximate surface area is 171 Å². The van der Waals surface area contributed by atoms with Crippen LogP contribution >= 0.6 is 23.5 Å². The van der Waals surface area contributed by atoms with E-state index in [4.69, 9.17) is 5.11 Å². The average molecular weight is 439 g/mol. The van der Waals surface area contributed by atoms with Gasteiger partial charge in [-0.25, -0.2) is 9.59 Å². The van der Waals surface area contributed by atoms with Crippen LogP contribution in [0.5, 0.6) is 0 Å². The van der Waals surface area contributed by atoms with Gasteiger partial charge in [-0.1, -0.05) is 17.8 Å². The lowest BCUT2D eigenvalue weighted by molar-refractivity contribution is -0.150. The van der Waals surface area contributed by atoms with Gasteiger partial charge in [0.1, 0.15) is 22.8 Å². The smallest absolute Gasteiger partial charge is 0.352 e. The average Bonchev–Trinajstić information content (AvgIpc) is 3.21. The Morgan fingerprint density at radius 2 is 2.21 bits per heavy atom. The fraction of sp³-hybridized carbons (Fsp3) is 0.267. The number of allylic oxidation sites excluding steroid dienone is 1. The number of nitrogens with one attached hydrogen (secondary N) is 1. The molecule has 152 valence electrons. The van der Waals surface area contributed by atoms with Gasteiger partial charge in [0.15, 0.2) is 5.71 Å². The molecule has 3 heterocycles. The summed E-state index contributed by atoms with van der Waals surface area (Å²) in [6, 6.07) is -0.996. The summed E-state index contributed by atoms with van der Waals surface area (Å²) in [5.41, 5.74) is -0.0675. The van der Waals surface area contributed by atoms with Gasteiger partial charge >= 0.3 is 11.9 Å². The summed E-state index contributed by atoms with van der Waals surface area (Å²) in [6.07, 6.45) is 2.62. The molecule has 0 bridgehead atoms. The second-order valence-electron chi connectivity index (χ2n) is 5.64. The monoisotopic (exact) mass is 439 g/mol. The third kappa shape index (κ3) is 3.97. The molecule has 0 spiro atoms. The number of hydrogen-bond donors (Lipinski definition) is 3. The third-order valence-corrected chi connectivity index (χ3v) is 5.68. The molecule has 2 atom stereocenters. The molecule has 1 fully saturated rings. The van der Waals surface area contributed by atoms with E-state index in [1.165, 1.54) is 24.0 Å². The van der Waals surface area contributed by atoms with Crippen molar-refractivity contribution in [1.82, 2.24) is 19.0 Å². The van der Waals surface area contributed by atoms with E-state index >= 15 is 0 Å². The fourth-order valence-electron chi connectivity index (χ4n) is 2.63. The van der Waals surface area contributed by atoms with Gasteiger partial charge in [-0.2, -0.15) is 8.75 Å². The largest absolute Gasteiger partial charge is 0.479 e. The molecule has 2 aliphatic rings. The molecule has 0 saturated carbocycles. The van der Waals surface area contributed by atoms with Crippen molar-refractivity contribution in [3.63, 3.8) is 0 Å². The maximum absolute atomic E-state index is 12.6. The highest BCUT2D eigenvalue weighted by Gasteiger charge is 2.54. The Bertz CT molecular complexity index is 943. The van der Waals surface area contributed by atoms with Gasteiger partial charge in [-0.05, 0) is 5.57 Å². The fourth-order valence-corrected chi connectivity index (χ4v) is 4.39. The molecule has 3 N–H and O–H groups in total. The van der Waals surface area contributed by atoms with Crippen molar-refractivity contribution in [2.45, 2.75) is 11.4 Å². The number of carbonyl (C=O) groups is 4. The van der Waals surface area contributed by atoms with Gasteiger partial charge < -0.3 is 20.4 Å². The lowest BCUT2D eigenvalue weighted by Gasteiger charge is -2.49. The minimum atomic E-state index is -1.29. The van der Waals surface area contributed by atoms with Crippen LogP contribution in [0, 0.1) is 0 Å². The van der Waals surface area contributed by atoms with E-state index in [-0.39, 0.29) is 17.1 Å². The molecule has 12 nitrogen and oxygen atoms in total. The highest BCUT2D eigenvalue weighted by Crippen LogP contribution is 2.40. The van der Waals surface area contributed by atoms with Gasteiger partial charge in [0, 0.05) is 5.75 Å². The van der Waals surface area contributed by atoms with Crippen molar-refractivity contribution < 1.29 is 34.2 Å². The molecule has 2 aliphatic heterocycles. The highest BCUT2D eigenvalue weighted by atomic mass is 32.2. The molecular formula is C15H13N5O7S2. The molecular weight excluding hydrogens is 426 g/mol. The number of nitrogens with zero attached hydrogens (tertiary/aromatic N) is 4. The number of aliphatic carboxylic acids is 2. The first-order chi connectivity index (χ1) is 13.8. The standard InChI is InChI=1S/C15H13N5O7S2/c1-2-6-5-28-14-10(13(24)20(14)11(6)15(25)26)17-12(23)9(7-3-16-29-19-7)18-27-4-8(21)22/h2-3,10,14H,1,4-5H2,(H,17,23)(H,21,22)(H,25,26)/t10?,14-/m1/s1. The number of aromatic nitrogens is 2. The van der Waals surface area contributed by atoms with Crippen LogP contribution in [0.4, 0.5) is 0 Å². The normalized spacial score (nSPS) is 21.2. The molecule has 0 aliphatic carbocycles. The Balaban J connectivity index is 1.77. The predicted octanol–water partition coefficient (Wildman–Crippen LogP) is -0.732. The maximum atomic E-state index is 12.6. The molecule has 1 unspecified atom stereocenters. The van der Waals surface area contributed by atoms with Gasteiger partial charge in [0.25, 0.3) is 11.8 Å². The maximum Gasteiger partial charge on any atom is 0.352 e. The summed E-state index contributed by atoms with van der Waals surface area (Å²) >= 11 is 2.07. The van der Waals surface area contributed by atoms with E-state index in [1.54, 1.807) is 0 Å². The molecule has 1 aromatic rings. The zero-order valence-corrected chi connectivity index (χ0v) is 16.1. The number of hydrogen-bond acceptors (Lipinski definition) is 10. The summed E-state index contributed by atoms with van der Waals surface area (Å²) in [6.45, 7) is 2.78. The number of carbonyl (C=O) groups excluding carboxylic acids is 2. The number of fused-ring (bicyclic) bond motifs is 1. The summed E-state index contributed by atoms with van der Waals surface area (Å²) in [5, 5.41) is 23.4. The van der Waals surface area contributed by atoms with Crippen LogP contribution in [0.1, 0.15) is 5.69 Å². The van der Waals surface area contributed by atoms with Crippen molar-refractivity contribution in [2.75, 3.05) is 12.4 Å². The molecule has 14 heteroatoms. The van der Waals surface area contributed by atoms with Crippen molar-refractivity contribution in [2.24, 2.45) is 5.16 Å². The Morgan fingerprint density at radius 3 is 2.79 bits per heavy atom. The summed E-state index contributed by atoms with van der Waals surface area (Å²) in [7, 11) is 0. The molecule has 0 radical (unpaired) electrons. The van der Waals surface area contributed by atoms with E-state index in [0.717, 1.165) is 16.6 Å². The van der Waals surface area contributed by atoms with Crippen molar-refractivity contribution in [3.05, 3.63) is 35.8 Å². The van der Waals surface area contributed by atoms with E-state index < -0.39 is 41.8 Å². The van der Waals surface area contributed by atoms with Crippen LogP contribution in [0.15, 0.2) is 35.3 Å². The van der Waals surface area contributed by atoms with Crippen LogP contribution in [0.3, 0.4) is 0 Å². The lowest BCUT2D eigenvalue weighted by atomic mass is 10.0. The SMILES string of the molecule is C=CC1=C(C(=O)O)N2C(=O)C(NC(=O)C(=NOCC(=O)O)c3cnsn3)[C@H]2SC1. The topological polar surface area (TPSA) is 171 Å². The summed E-state index contributed by atoms with van der Waals surface area (Å²) in [5.74, 6) is -3.68. The number of thioether (sulfide) groups is 1. The first-order valence-electron chi connectivity index (χ1n) is 7.89. The van der Waals surface area contributed by atoms with Gasteiger partial charge in [0.05, 0.1) is 17.9 Å². The Morgan fingerprint density at radius 1 is 1.45 bits per heavy atom. The minimum Gasteiger partial charge on any atom is -0.479 e. The second kappa shape index (κ2) is 8.40. The van der Waals surface area contributed by atoms with E-state index in [9.17, 15) is 24.3 Å². The van der Waals surface area contributed by atoms with E-state index in [2.05, 4.69) is 30.6 Å². The third-order valence-electron chi connectivity index (χ3n) is 3.90. The van der Waals surface area contributed by atoms with Crippen LogP contribution < -0.4 is 5.32 Å². The highest BCUT2D eigenvalue weighted by molar-refractivity contribution is 8.00. The Kier molecular flexibility index (Phi) is 5.93. The van der Waals surface area contributed by atoms with Crippen LogP contribution in [-0.4, -0.2) is 77.1 Å². The van der Waals surface area contributed by atoms with Crippen LogP contribution in [-0.2, 0) is 24.0 Å². The lowest BCUT2D eigenvalue weighted by Crippen LogP contribution is -2.71. The van der Waals surface area contributed by atoms with Gasteiger partial charge in [-0.15, -0.1) is 11.8 Å². The number of carboxylic acids is 2. The van der Waals surface area contributed by atoms with E-state index in [0.29, 0.717) is 11.3 Å². The number of β-lactam (4-membered cyclic amide) rings is 1. The van der Waals surface area contributed by atoms with Gasteiger partial charge in [-0.3, -0.25) is 14.5 Å². The van der Waals surface area contributed by atoms with Crippen molar-refractivity contribution >= 4 is 53.0 Å². The number of oxime groups is 1. The number of rotatable bonds is 8. The Hall–Kier alpha value is -3.26. The molecule has 3 rings (SSSR count). The second-order valence-corrected chi connectivity index (χ2v) is 7.31. The van der Waals surface area contributed by atoms with Crippen molar-refractivity contribution in [1.29, 1.82) is 0 Å². The van der Waals surface area contributed by atoms with Gasteiger partial charge in [0.2, 0.25) is 6.61 Å². The summed E-state index contributed by atoms with van der Waals surface area (Å²) < 4.78 is 7.61. The van der Waals surface area contributed by atoms with Crippen molar-refractivity contribution in [3.8, 4) is 0 Å².